The third-order valence-corrected chi connectivity index (χ3v) is 9.27. The van der Waals surface area contributed by atoms with Gasteiger partial charge in [0.05, 0.1) is 19.6 Å². The topological polar surface area (TPSA) is 149 Å². The maximum Gasteiger partial charge on any atom is 0.407 e. The number of ether oxygens (including phenoxy) is 4. The predicted octanol–water partition coefficient (Wildman–Crippen LogP) is 5.96. The van der Waals surface area contributed by atoms with E-state index in [4.69, 9.17) is 18.9 Å². The number of methoxy groups -OCH3 is 1. The maximum atomic E-state index is 13.9. The van der Waals surface area contributed by atoms with Crippen molar-refractivity contribution in [2.45, 2.75) is 122 Å². The van der Waals surface area contributed by atoms with Gasteiger partial charge in [0, 0.05) is 21.0 Å². The molecule has 0 saturated carbocycles. The molecule has 0 aliphatic carbocycles. The van der Waals surface area contributed by atoms with Crippen LogP contribution >= 0.6 is 0 Å². The maximum absolute atomic E-state index is 13.9. The SMILES string of the molecule is CC#CCOc1ccc(C[C@H](NC(=O)[C@@H](C=CCCCCCNC(=O)OCC[Si](C)(C)C)[C@@](O)(CCC)C(=O)OC(C)(C)C)C(=O)OC)cc1. The van der Waals surface area contributed by atoms with E-state index in [1.54, 1.807) is 65.0 Å². The number of unbranched alkanes of at least 4 members (excludes halogenated alkanes) is 3. The zero-order chi connectivity index (χ0) is 37.8. The zero-order valence-electron chi connectivity index (χ0n) is 31.6. The molecular formula is C38H60N2O9Si. The van der Waals surface area contributed by atoms with E-state index in [1.165, 1.54) is 13.2 Å². The average molecular weight is 717 g/mol. The molecule has 11 nitrogen and oxygen atoms in total. The largest absolute Gasteiger partial charge is 0.481 e. The van der Waals surface area contributed by atoms with Crippen molar-refractivity contribution in [1.82, 2.24) is 10.6 Å². The van der Waals surface area contributed by atoms with Crippen molar-refractivity contribution in [3.63, 3.8) is 0 Å². The monoisotopic (exact) mass is 716 g/mol. The lowest BCUT2D eigenvalue weighted by Crippen LogP contribution is -2.56. The van der Waals surface area contributed by atoms with Crippen LogP contribution in [0.25, 0.3) is 0 Å². The first-order valence-electron chi connectivity index (χ1n) is 17.5. The van der Waals surface area contributed by atoms with Gasteiger partial charge in [0.2, 0.25) is 5.91 Å². The lowest BCUT2D eigenvalue weighted by Gasteiger charge is -2.34. The minimum Gasteiger partial charge on any atom is -0.481 e. The van der Waals surface area contributed by atoms with Crippen molar-refractivity contribution < 1.29 is 43.2 Å². The molecule has 0 aromatic heterocycles. The summed E-state index contributed by atoms with van der Waals surface area (Å²) >= 11 is 0. The quantitative estimate of drug-likeness (QED) is 0.0350. The summed E-state index contributed by atoms with van der Waals surface area (Å²) in [7, 11) is -0.0455. The molecule has 280 valence electrons. The van der Waals surface area contributed by atoms with Gasteiger partial charge in [0.15, 0.2) is 5.60 Å². The number of nitrogens with one attached hydrogen (secondary N) is 2. The first kappa shape index (κ1) is 44.2. The number of alkyl carbamates (subject to hydrolysis) is 1. The fourth-order valence-electron chi connectivity index (χ4n) is 4.83. The average Bonchev–Trinajstić information content (AvgIpc) is 3.02. The summed E-state index contributed by atoms with van der Waals surface area (Å²) in [6, 6.07) is 6.85. The Balaban J connectivity index is 3.06. The number of esters is 2. The van der Waals surface area contributed by atoms with E-state index in [1.807, 2.05) is 0 Å². The lowest BCUT2D eigenvalue weighted by atomic mass is 9.81. The van der Waals surface area contributed by atoms with E-state index >= 15 is 0 Å². The van der Waals surface area contributed by atoms with Gasteiger partial charge in [-0.1, -0.05) is 69.6 Å². The summed E-state index contributed by atoms with van der Waals surface area (Å²) in [5.41, 5.74) is -2.37. The summed E-state index contributed by atoms with van der Waals surface area (Å²) in [6.45, 7) is 16.4. The molecule has 0 spiro atoms. The second kappa shape index (κ2) is 22.1. The number of carbonyl (C=O) groups is 4. The van der Waals surface area contributed by atoms with Crippen molar-refractivity contribution in [1.29, 1.82) is 0 Å². The van der Waals surface area contributed by atoms with Crippen LogP contribution in [0.3, 0.4) is 0 Å². The second-order valence-corrected chi connectivity index (χ2v) is 20.1. The highest BCUT2D eigenvalue weighted by atomic mass is 28.3. The summed E-state index contributed by atoms with van der Waals surface area (Å²) in [5.74, 6) is 2.53. The predicted molar refractivity (Wildman–Crippen MR) is 197 cm³/mol. The molecule has 0 heterocycles. The molecule has 0 saturated heterocycles. The van der Waals surface area contributed by atoms with Crippen LogP contribution in [-0.2, 0) is 35.0 Å². The molecule has 1 aromatic carbocycles. The highest BCUT2D eigenvalue weighted by Crippen LogP contribution is 2.30. The number of hydrogen-bond acceptors (Lipinski definition) is 9. The van der Waals surface area contributed by atoms with Crippen LogP contribution < -0.4 is 15.4 Å². The Hall–Kier alpha value is -3.82. The van der Waals surface area contributed by atoms with Gasteiger partial charge in [-0.05, 0) is 77.1 Å². The van der Waals surface area contributed by atoms with Crippen LogP contribution in [-0.4, -0.2) is 81.2 Å². The number of rotatable bonds is 21. The van der Waals surface area contributed by atoms with E-state index in [-0.39, 0.29) is 19.4 Å². The van der Waals surface area contributed by atoms with Crippen LogP contribution in [0.4, 0.5) is 4.79 Å². The Morgan fingerprint density at radius 3 is 2.30 bits per heavy atom. The third kappa shape index (κ3) is 17.7. The molecule has 2 amide bonds. The number of aliphatic hydroxyl groups is 1. The van der Waals surface area contributed by atoms with Crippen LogP contribution in [0.1, 0.15) is 78.7 Å². The fraction of sp³-hybridized carbons (Fsp3) is 0.632. The molecule has 3 atom stereocenters. The Labute approximate surface area is 300 Å². The van der Waals surface area contributed by atoms with Gasteiger partial charge in [-0.3, -0.25) is 4.79 Å². The molecule has 0 unspecified atom stereocenters. The second-order valence-electron chi connectivity index (χ2n) is 14.5. The molecule has 0 bridgehead atoms. The molecule has 50 heavy (non-hydrogen) atoms. The van der Waals surface area contributed by atoms with E-state index < -0.39 is 55.2 Å². The summed E-state index contributed by atoms with van der Waals surface area (Å²) < 4.78 is 21.4. The number of hydrogen-bond donors (Lipinski definition) is 3. The number of carbonyl (C=O) groups excluding carboxylic acids is 4. The van der Waals surface area contributed by atoms with Crippen LogP contribution in [0.5, 0.6) is 5.75 Å². The van der Waals surface area contributed by atoms with Gasteiger partial charge in [-0.25, -0.2) is 14.4 Å². The van der Waals surface area contributed by atoms with E-state index in [0.29, 0.717) is 31.7 Å². The van der Waals surface area contributed by atoms with Crippen molar-refractivity contribution in [3.05, 3.63) is 42.0 Å². The Morgan fingerprint density at radius 1 is 1.04 bits per heavy atom. The smallest absolute Gasteiger partial charge is 0.407 e. The molecular weight excluding hydrogens is 657 g/mol. The Bertz CT molecular complexity index is 1310. The first-order chi connectivity index (χ1) is 23.5. The van der Waals surface area contributed by atoms with Crippen molar-refractivity contribution >= 4 is 32.0 Å². The van der Waals surface area contributed by atoms with E-state index in [2.05, 4.69) is 42.1 Å². The molecule has 0 radical (unpaired) electrons. The highest BCUT2D eigenvalue weighted by Gasteiger charge is 2.49. The number of allylic oxidation sites excluding steroid dienone is 1. The molecule has 3 N–H and O–H groups in total. The molecule has 0 fully saturated rings. The molecule has 0 aliphatic rings. The normalized spacial score (nSPS) is 14.0. The summed E-state index contributed by atoms with van der Waals surface area (Å²) in [5, 5.41) is 17.3. The van der Waals surface area contributed by atoms with Crippen LogP contribution in [0.15, 0.2) is 36.4 Å². The molecule has 0 aliphatic heterocycles. The summed E-state index contributed by atoms with van der Waals surface area (Å²) in [4.78, 5) is 52.2. The molecule has 12 heteroatoms. The van der Waals surface area contributed by atoms with E-state index in [0.717, 1.165) is 30.9 Å². The van der Waals surface area contributed by atoms with E-state index in [9.17, 15) is 24.3 Å². The highest BCUT2D eigenvalue weighted by molar-refractivity contribution is 6.76. The molecule has 1 rings (SSSR count). The fourth-order valence-corrected chi connectivity index (χ4v) is 5.54. The van der Waals surface area contributed by atoms with Crippen molar-refractivity contribution in [2.75, 3.05) is 26.9 Å². The van der Waals surface area contributed by atoms with Crippen molar-refractivity contribution in [2.24, 2.45) is 5.92 Å². The Kier molecular flexibility index (Phi) is 19.5. The van der Waals surface area contributed by atoms with Gasteiger partial charge < -0.3 is 34.7 Å². The van der Waals surface area contributed by atoms with Crippen LogP contribution in [0, 0.1) is 17.8 Å². The van der Waals surface area contributed by atoms with Gasteiger partial charge in [-0.2, -0.15) is 0 Å². The van der Waals surface area contributed by atoms with Gasteiger partial charge in [-0.15, -0.1) is 5.92 Å². The summed E-state index contributed by atoms with van der Waals surface area (Å²) in [6.07, 6.45) is 6.12. The minimum absolute atomic E-state index is 0.0448. The minimum atomic E-state index is -2.19. The standard InChI is InChI=1S/C38H60N2O9Si/c1-10-12-25-47-30-21-19-29(20-22-30)28-32(34(42)46-6)40-33(41)31(38(45,23-11-2)35(43)49-37(3,4)5)18-16-14-13-15-17-24-39-36(44)48-26-27-50(7,8)9/h16,18-22,31-32,45H,11,13-15,17,23-28H2,1-9H3,(H,39,44)(H,40,41)/t31-,32+,38+/m1/s1. The zero-order valence-corrected chi connectivity index (χ0v) is 32.6. The third-order valence-electron chi connectivity index (χ3n) is 7.56. The molecule has 1 aromatic rings. The number of benzene rings is 1. The Morgan fingerprint density at radius 2 is 1.72 bits per heavy atom. The van der Waals surface area contributed by atoms with Gasteiger partial charge in [0.25, 0.3) is 0 Å². The van der Waals surface area contributed by atoms with Crippen LogP contribution in [0.2, 0.25) is 25.7 Å². The van der Waals surface area contributed by atoms with Crippen molar-refractivity contribution in [3.8, 4) is 17.6 Å². The van der Waals surface area contributed by atoms with Gasteiger partial charge in [0.1, 0.15) is 24.0 Å². The lowest BCUT2D eigenvalue weighted by molar-refractivity contribution is -0.184. The number of amides is 2. The first-order valence-corrected chi connectivity index (χ1v) is 21.2. The van der Waals surface area contributed by atoms with Gasteiger partial charge >= 0.3 is 18.0 Å².